The first-order valence-electron chi connectivity index (χ1n) is 5.80. The van der Waals surface area contributed by atoms with Crippen LogP contribution >= 0.6 is 11.8 Å². The molecule has 86 valence electrons. The number of rotatable bonds is 0. The first-order chi connectivity index (χ1) is 8.36. The van der Waals surface area contributed by atoms with Crippen molar-refractivity contribution >= 4 is 28.6 Å². The van der Waals surface area contributed by atoms with Crippen molar-refractivity contribution in [2.24, 2.45) is 0 Å². The molecule has 0 aliphatic carbocycles. The van der Waals surface area contributed by atoms with Crippen LogP contribution in [-0.2, 0) is 0 Å². The standard InChI is InChI=1S/C14H13NOS/c16-13-8-2-1-5-9-17-14-10-11-6-3-4-7-12(11)15(13)14/h2-4,6-8,10H,1,5,9H2/b8-2-. The van der Waals surface area contributed by atoms with Gasteiger partial charge >= 0.3 is 0 Å². The maximum atomic E-state index is 12.1. The van der Waals surface area contributed by atoms with Crippen molar-refractivity contribution in [1.29, 1.82) is 0 Å². The van der Waals surface area contributed by atoms with Crippen LogP contribution in [0.3, 0.4) is 0 Å². The lowest BCUT2D eigenvalue weighted by molar-refractivity contribution is 0.0965. The highest BCUT2D eigenvalue weighted by molar-refractivity contribution is 7.99. The van der Waals surface area contributed by atoms with Gasteiger partial charge in [-0.2, -0.15) is 0 Å². The van der Waals surface area contributed by atoms with Gasteiger partial charge < -0.3 is 0 Å². The molecule has 2 heterocycles. The number of para-hydroxylation sites is 1. The summed E-state index contributed by atoms with van der Waals surface area (Å²) in [6.07, 6.45) is 5.78. The summed E-state index contributed by atoms with van der Waals surface area (Å²) in [6.45, 7) is 0. The van der Waals surface area contributed by atoms with E-state index < -0.39 is 0 Å². The molecule has 0 amide bonds. The fourth-order valence-corrected chi connectivity index (χ4v) is 3.15. The van der Waals surface area contributed by atoms with Crippen molar-refractivity contribution in [3.63, 3.8) is 0 Å². The van der Waals surface area contributed by atoms with E-state index in [0.29, 0.717) is 0 Å². The zero-order valence-electron chi connectivity index (χ0n) is 9.43. The van der Waals surface area contributed by atoms with Crippen LogP contribution in [0.4, 0.5) is 0 Å². The van der Waals surface area contributed by atoms with Crippen molar-refractivity contribution in [2.45, 2.75) is 17.9 Å². The number of thioether (sulfide) groups is 1. The number of nitrogens with zero attached hydrogens (tertiary/aromatic N) is 1. The van der Waals surface area contributed by atoms with E-state index in [9.17, 15) is 4.79 Å². The minimum absolute atomic E-state index is 0.0654. The normalized spacial score (nSPS) is 18.2. The molecule has 2 nitrogen and oxygen atoms in total. The van der Waals surface area contributed by atoms with Crippen molar-refractivity contribution < 1.29 is 4.79 Å². The predicted octanol–water partition coefficient (Wildman–Crippen LogP) is 3.72. The molecular formula is C14H13NOS. The molecular weight excluding hydrogens is 230 g/mol. The molecule has 1 aromatic heterocycles. The predicted molar refractivity (Wildman–Crippen MR) is 71.7 cm³/mol. The van der Waals surface area contributed by atoms with Gasteiger partial charge in [0.15, 0.2) is 0 Å². The Hall–Kier alpha value is -1.48. The number of hydrogen-bond acceptors (Lipinski definition) is 2. The lowest BCUT2D eigenvalue weighted by atomic mass is 10.2. The molecule has 0 unspecified atom stereocenters. The fraction of sp³-hybridized carbons (Fsp3) is 0.214. The Balaban J connectivity index is 2.23. The number of fused-ring (bicyclic) bond motifs is 3. The Morgan fingerprint density at radius 2 is 2.12 bits per heavy atom. The van der Waals surface area contributed by atoms with E-state index in [4.69, 9.17) is 0 Å². The van der Waals surface area contributed by atoms with Gasteiger partial charge in [-0.25, -0.2) is 0 Å². The van der Waals surface area contributed by atoms with Crippen LogP contribution in [0.2, 0.25) is 0 Å². The van der Waals surface area contributed by atoms with Crippen molar-refractivity contribution in [1.82, 2.24) is 4.57 Å². The minimum atomic E-state index is 0.0654. The summed E-state index contributed by atoms with van der Waals surface area (Å²) >= 11 is 1.77. The highest BCUT2D eigenvalue weighted by atomic mass is 32.2. The summed E-state index contributed by atoms with van der Waals surface area (Å²) in [6, 6.07) is 10.1. The summed E-state index contributed by atoms with van der Waals surface area (Å²) < 4.78 is 1.82. The van der Waals surface area contributed by atoms with Gasteiger partial charge in [-0.3, -0.25) is 9.36 Å². The van der Waals surface area contributed by atoms with Gasteiger partial charge in [0.05, 0.1) is 10.5 Å². The van der Waals surface area contributed by atoms with Crippen LogP contribution < -0.4 is 0 Å². The zero-order valence-corrected chi connectivity index (χ0v) is 10.2. The van der Waals surface area contributed by atoms with Gasteiger partial charge in [-0.1, -0.05) is 24.3 Å². The van der Waals surface area contributed by atoms with Gasteiger partial charge in [-0.05, 0) is 36.8 Å². The fourth-order valence-electron chi connectivity index (χ4n) is 2.10. The van der Waals surface area contributed by atoms with E-state index in [1.165, 1.54) is 0 Å². The highest BCUT2D eigenvalue weighted by Crippen LogP contribution is 2.29. The largest absolute Gasteiger partial charge is 0.271 e. The number of carbonyl (C=O) groups is 1. The van der Waals surface area contributed by atoms with Crippen LogP contribution in [0, 0.1) is 0 Å². The second-order valence-corrected chi connectivity index (χ2v) is 5.22. The molecule has 0 saturated carbocycles. The quantitative estimate of drug-likeness (QED) is 0.703. The molecule has 0 spiro atoms. The number of hydrogen-bond donors (Lipinski definition) is 0. The maximum absolute atomic E-state index is 12.1. The van der Waals surface area contributed by atoms with E-state index in [1.54, 1.807) is 17.8 Å². The molecule has 1 aliphatic heterocycles. The maximum Gasteiger partial charge on any atom is 0.255 e. The van der Waals surface area contributed by atoms with Gasteiger partial charge in [0.2, 0.25) is 0 Å². The van der Waals surface area contributed by atoms with E-state index in [-0.39, 0.29) is 5.91 Å². The van der Waals surface area contributed by atoms with Gasteiger partial charge in [0.25, 0.3) is 5.91 Å². The Morgan fingerprint density at radius 1 is 1.24 bits per heavy atom. The Morgan fingerprint density at radius 3 is 3.06 bits per heavy atom. The number of benzene rings is 1. The molecule has 1 aromatic carbocycles. The second kappa shape index (κ2) is 4.41. The Bertz CT molecular complexity index is 597. The average molecular weight is 243 g/mol. The van der Waals surface area contributed by atoms with E-state index in [0.717, 1.165) is 34.5 Å². The molecule has 0 radical (unpaired) electrons. The van der Waals surface area contributed by atoms with E-state index >= 15 is 0 Å². The number of carbonyl (C=O) groups excluding carboxylic acids is 1. The van der Waals surface area contributed by atoms with Crippen LogP contribution in [0.1, 0.15) is 17.6 Å². The third-order valence-corrected chi connectivity index (χ3v) is 4.01. The summed E-state index contributed by atoms with van der Waals surface area (Å²) in [4.78, 5) is 12.1. The van der Waals surface area contributed by atoms with Crippen LogP contribution in [-0.4, -0.2) is 16.2 Å². The summed E-state index contributed by atoms with van der Waals surface area (Å²) in [7, 11) is 0. The van der Waals surface area contributed by atoms with Crippen molar-refractivity contribution in [2.75, 3.05) is 5.75 Å². The molecule has 3 heteroatoms. The molecule has 1 aliphatic rings. The van der Waals surface area contributed by atoms with E-state index in [1.807, 2.05) is 28.8 Å². The monoisotopic (exact) mass is 243 g/mol. The second-order valence-electron chi connectivity index (χ2n) is 4.11. The Kier molecular flexibility index (Phi) is 2.77. The SMILES string of the molecule is O=C1/C=C\CCCSc2cc3ccccc3n21. The molecule has 0 atom stereocenters. The Labute approximate surface area is 104 Å². The van der Waals surface area contributed by atoms with Crippen molar-refractivity contribution in [3.05, 3.63) is 42.5 Å². The summed E-state index contributed by atoms with van der Waals surface area (Å²) in [5.74, 6) is 1.13. The average Bonchev–Trinajstić information content (AvgIpc) is 2.73. The molecule has 17 heavy (non-hydrogen) atoms. The summed E-state index contributed by atoms with van der Waals surface area (Å²) in [5.41, 5.74) is 1.01. The zero-order chi connectivity index (χ0) is 11.7. The first kappa shape index (κ1) is 10.7. The summed E-state index contributed by atoms with van der Waals surface area (Å²) in [5, 5.41) is 2.19. The van der Waals surface area contributed by atoms with Crippen LogP contribution in [0.15, 0.2) is 47.5 Å². The molecule has 0 N–H and O–H groups in total. The van der Waals surface area contributed by atoms with Gasteiger partial charge in [-0.15, -0.1) is 11.8 Å². The molecule has 0 fully saturated rings. The molecule has 0 bridgehead atoms. The highest BCUT2D eigenvalue weighted by Gasteiger charge is 2.13. The first-order valence-corrected chi connectivity index (χ1v) is 6.79. The third-order valence-electron chi connectivity index (χ3n) is 2.92. The van der Waals surface area contributed by atoms with Gasteiger partial charge in [0.1, 0.15) is 0 Å². The molecule has 3 rings (SSSR count). The van der Waals surface area contributed by atoms with Crippen molar-refractivity contribution in [3.8, 4) is 0 Å². The lowest BCUT2D eigenvalue weighted by Crippen LogP contribution is -2.07. The van der Waals surface area contributed by atoms with Crippen LogP contribution in [0.25, 0.3) is 10.9 Å². The topological polar surface area (TPSA) is 22.0 Å². The van der Waals surface area contributed by atoms with Gasteiger partial charge in [0, 0.05) is 5.39 Å². The number of aromatic nitrogens is 1. The lowest BCUT2D eigenvalue weighted by Gasteiger charge is -2.04. The van der Waals surface area contributed by atoms with Crippen LogP contribution in [0.5, 0.6) is 0 Å². The smallest absolute Gasteiger partial charge is 0.255 e. The number of allylic oxidation sites excluding steroid dienone is 2. The molecule has 2 aromatic rings. The third kappa shape index (κ3) is 1.91. The minimum Gasteiger partial charge on any atom is -0.271 e. The molecule has 0 saturated heterocycles. The van der Waals surface area contributed by atoms with E-state index in [2.05, 4.69) is 12.1 Å².